The summed E-state index contributed by atoms with van der Waals surface area (Å²) < 4.78 is 50.5. The third-order valence-corrected chi connectivity index (χ3v) is 5.75. The second-order valence-corrected chi connectivity index (χ2v) is 8.14. The van der Waals surface area contributed by atoms with Crippen molar-refractivity contribution in [3.05, 3.63) is 87.8 Å². The molecule has 4 aromatic rings. The molecule has 0 aliphatic rings. The van der Waals surface area contributed by atoms with Gasteiger partial charge in [0.05, 0.1) is 41.6 Å². The summed E-state index contributed by atoms with van der Waals surface area (Å²) in [7, 11) is 1.60. The van der Waals surface area contributed by atoms with Gasteiger partial charge >= 0.3 is 0 Å². The van der Waals surface area contributed by atoms with Gasteiger partial charge in [-0.3, -0.25) is 0 Å². The topological polar surface area (TPSA) is 56.9 Å². The molecule has 4 rings (SSSR count). The zero-order valence-electron chi connectivity index (χ0n) is 19.9. The molecule has 0 amide bonds. The van der Waals surface area contributed by atoms with E-state index >= 15 is 0 Å². The molecular formula is C26H26F3N5O. The van der Waals surface area contributed by atoms with Crippen molar-refractivity contribution in [2.45, 2.75) is 26.8 Å². The van der Waals surface area contributed by atoms with Crippen LogP contribution in [-0.2, 0) is 0 Å². The Labute approximate surface area is 201 Å². The Balaban J connectivity index is 1.80. The first-order valence-electron chi connectivity index (χ1n) is 11.1. The molecule has 0 radical (unpaired) electrons. The summed E-state index contributed by atoms with van der Waals surface area (Å²) in [6.45, 7) is 10.3. The van der Waals surface area contributed by atoms with Crippen LogP contribution in [0.3, 0.4) is 0 Å². The lowest BCUT2D eigenvalue weighted by atomic mass is 10.1. The maximum atomic E-state index is 13.9. The first kappa shape index (κ1) is 24.1. The van der Waals surface area contributed by atoms with Gasteiger partial charge in [0.1, 0.15) is 5.75 Å². The molecule has 1 atom stereocenters. The zero-order valence-corrected chi connectivity index (χ0v) is 19.9. The van der Waals surface area contributed by atoms with Crippen LogP contribution in [0.25, 0.3) is 18.3 Å². The molecule has 0 spiro atoms. The van der Waals surface area contributed by atoms with Gasteiger partial charge in [0.25, 0.3) is 0 Å². The molecule has 182 valence electrons. The molecule has 1 unspecified atom stereocenters. The molecule has 0 saturated heterocycles. The number of ether oxygens (including phenoxy) is 1. The summed E-state index contributed by atoms with van der Waals surface area (Å²) in [5.41, 5.74) is 2.82. The van der Waals surface area contributed by atoms with Crippen LogP contribution in [0.4, 0.5) is 19.1 Å². The minimum atomic E-state index is -1.49. The lowest BCUT2D eigenvalue weighted by molar-refractivity contribution is 0.413. The van der Waals surface area contributed by atoms with Crippen LogP contribution in [0.2, 0.25) is 0 Å². The fourth-order valence-corrected chi connectivity index (χ4v) is 3.97. The van der Waals surface area contributed by atoms with Gasteiger partial charge in [-0.15, -0.1) is 0 Å². The van der Waals surface area contributed by atoms with E-state index in [4.69, 9.17) is 4.74 Å². The van der Waals surface area contributed by atoms with Crippen molar-refractivity contribution in [1.29, 1.82) is 0 Å². The lowest BCUT2D eigenvalue weighted by Gasteiger charge is -2.18. The molecule has 9 heteroatoms. The minimum Gasteiger partial charge on any atom is -0.495 e. The quantitative estimate of drug-likeness (QED) is 0.404. The van der Waals surface area contributed by atoms with E-state index in [1.807, 2.05) is 48.9 Å². The van der Waals surface area contributed by atoms with Gasteiger partial charge < -0.3 is 19.2 Å². The van der Waals surface area contributed by atoms with Gasteiger partial charge in [0, 0.05) is 12.7 Å². The van der Waals surface area contributed by atoms with Crippen molar-refractivity contribution >= 4 is 18.6 Å². The SMILES string of the molecule is C=c1/c(=C/c2ccc(-n3cnc(C)c3)c(OC)c2)nc(NCC)n1C(C)c1cc(F)c(F)c(F)c1. The van der Waals surface area contributed by atoms with Crippen molar-refractivity contribution in [3.63, 3.8) is 0 Å². The lowest BCUT2D eigenvalue weighted by Crippen LogP contribution is -2.31. The molecule has 2 aromatic heterocycles. The van der Waals surface area contributed by atoms with Gasteiger partial charge in [0.2, 0.25) is 5.95 Å². The molecule has 0 aliphatic carbocycles. The fraction of sp³-hybridized carbons (Fsp3) is 0.231. The first-order chi connectivity index (χ1) is 16.7. The van der Waals surface area contributed by atoms with Crippen LogP contribution in [0.5, 0.6) is 5.75 Å². The Morgan fingerprint density at radius 2 is 1.89 bits per heavy atom. The molecular weight excluding hydrogens is 455 g/mol. The normalized spacial score (nSPS) is 12.7. The number of anilines is 1. The van der Waals surface area contributed by atoms with Crippen LogP contribution in [0.15, 0.2) is 42.9 Å². The Morgan fingerprint density at radius 3 is 2.49 bits per heavy atom. The Morgan fingerprint density at radius 1 is 1.17 bits per heavy atom. The van der Waals surface area contributed by atoms with E-state index in [9.17, 15) is 13.2 Å². The Bertz CT molecular complexity index is 1470. The molecule has 0 fully saturated rings. The van der Waals surface area contributed by atoms with Gasteiger partial charge in [-0.1, -0.05) is 12.6 Å². The maximum Gasteiger partial charge on any atom is 0.204 e. The minimum absolute atomic E-state index is 0.260. The van der Waals surface area contributed by atoms with Gasteiger partial charge in [-0.05, 0) is 62.2 Å². The predicted octanol–water partition coefficient (Wildman–Crippen LogP) is 4.08. The highest BCUT2D eigenvalue weighted by Gasteiger charge is 2.19. The summed E-state index contributed by atoms with van der Waals surface area (Å²) in [4.78, 5) is 8.92. The summed E-state index contributed by atoms with van der Waals surface area (Å²) in [5.74, 6) is -2.84. The monoisotopic (exact) mass is 481 g/mol. The number of aryl methyl sites for hydroxylation is 1. The number of benzene rings is 2. The number of nitrogens with one attached hydrogen (secondary N) is 1. The molecule has 0 bridgehead atoms. The largest absolute Gasteiger partial charge is 0.495 e. The summed E-state index contributed by atoms with van der Waals surface area (Å²) in [6, 6.07) is 7.14. The molecule has 0 saturated carbocycles. The second-order valence-electron chi connectivity index (χ2n) is 8.14. The van der Waals surface area contributed by atoms with Gasteiger partial charge in [-0.25, -0.2) is 23.1 Å². The number of halogens is 3. The smallest absolute Gasteiger partial charge is 0.204 e. The third kappa shape index (κ3) is 4.66. The van der Waals surface area contributed by atoms with Crippen molar-refractivity contribution in [3.8, 4) is 11.4 Å². The summed E-state index contributed by atoms with van der Waals surface area (Å²) in [5, 5.41) is 4.27. The standard InChI is InChI=1S/C26H26F3N5O/c1-6-30-26-32-22(17(4)34(26)16(3)19-11-20(27)25(29)21(28)12-19)9-18-7-8-23(24(10-18)35-5)33-13-15(2)31-14-33/h7-14,16H,4,6H2,1-3,5H3,(H,30,32)/b22-9-. The second kappa shape index (κ2) is 9.69. The van der Waals surface area contributed by atoms with Crippen molar-refractivity contribution in [1.82, 2.24) is 19.1 Å². The Hall–Kier alpha value is -4.01. The molecule has 0 aliphatic heterocycles. The summed E-state index contributed by atoms with van der Waals surface area (Å²) in [6.07, 6.45) is 5.48. The first-order valence-corrected chi connectivity index (χ1v) is 11.1. The molecule has 2 aromatic carbocycles. The third-order valence-electron chi connectivity index (χ3n) is 5.75. The highest BCUT2D eigenvalue weighted by Crippen LogP contribution is 2.25. The number of nitrogens with zero attached hydrogens (tertiary/aromatic N) is 4. The summed E-state index contributed by atoms with van der Waals surface area (Å²) >= 11 is 0. The molecule has 35 heavy (non-hydrogen) atoms. The van der Waals surface area contributed by atoms with Crippen LogP contribution in [0.1, 0.15) is 36.7 Å². The number of aromatic nitrogens is 4. The van der Waals surface area contributed by atoms with Crippen LogP contribution in [-0.4, -0.2) is 32.8 Å². The number of hydrogen-bond donors (Lipinski definition) is 1. The zero-order chi connectivity index (χ0) is 25.3. The average molecular weight is 482 g/mol. The van der Waals surface area contributed by atoms with E-state index in [0.29, 0.717) is 28.9 Å². The van der Waals surface area contributed by atoms with Crippen molar-refractivity contribution in [2.24, 2.45) is 0 Å². The van der Waals surface area contributed by atoms with Crippen molar-refractivity contribution < 1.29 is 17.9 Å². The van der Waals surface area contributed by atoms with Crippen LogP contribution in [0, 0.1) is 24.4 Å². The highest BCUT2D eigenvalue weighted by molar-refractivity contribution is 5.58. The highest BCUT2D eigenvalue weighted by atomic mass is 19.2. The molecule has 1 N–H and O–H groups in total. The maximum absolute atomic E-state index is 13.9. The van der Waals surface area contributed by atoms with E-state index in [0.717, 1.165) is 29.1 Å². The van der Waals surface area contributed by atoms with E-state index in [2.05, 4.69) is 21.9 Å². The van der Waals surface area contributed by atoms with Gasteiger partial charge in [0.15, 0.2) is 17.5 Å². The van der Waals surface area contributed by atoms with Gasteiger partial charge in [-0.2, -0.15) is 0 Å². The van der Waals surface area contributed by atoms with Crippen molar-refractivity contribution in [2.75, 3.05) is 19.0 Å². The van der Waals surface area contributed by atoms with E-state index in [1.165, 1.54) is 0 Å². The predicted molar refractivity (Wildman–Crippen MR) is 130 cm³/mol. The van der Waals surface area contributed by atoms with Crippen LogP contribution >= 0.6 is 0 Å². The van der Waals surface area contributed by atoms with Crippen LogP contribution < -0.4 is 20.8 Å². The number of rotatable bonds is 7. The van der Waals surface area contributed by atoms with E-state index in [1.54, 1.807) is 24.9 Å². The van der Waals surface area contributed by atoms with E-state index < -0.39 is 23.5 Å². The average Bonchev–Trinajstić information content (AvgIpc) is 3.39. The molecule has 2 heterocycles. The molecule has 6 nitrogen and oxygen atoms in total. The number of methoxy groups -OCH3 is 1. The van der Waals surface area contributed by atoms with E-state index in [-0.39, 0.29) is 5.56 Å². The fourth-order valence-electron chi connectivity index (χ4n) is 3.97. The Kier molecular flexibility index (Phi) is 6.68. The number of hydrogen-bond acceptors (Lipinski definition) is 4. The number of imidazole rings is 2.